The number of aryl methyl sites for hydroxylation is 1. The van der Waals surface area contributed by atoms with Crippen molar-refractivity contribution in [1.82, 2.24) is 5.32 Å². The van der Waals surface area contributed by atoms with Gasteiger partial charge in [-0.3, -0.25) is 0 Å². The molecule has 0 radical (unpaired) electrons. The summed E-state index contributed by atoms with van der Waals surface area (Å²) in [6.45, 7) is 2.81. The van der Waals surface area contributed by atoms with E-state index in [0.29, 0.717) is 12.6 Å². The van der Waals surface area contributed by atoms with Gasteiger partial charge in [0.15, 0.2) is 0 Å². The highest BCUT2D eigenvalue weighted by Gasteiger charge is 2.19. The van der Waals surface area contributed by atoms with Crippen LogP contribution in [0.1, 0.15) is 37.3 Å². The molecular weight excluding hydrogens is 238 g/mol. The Bertz CT molecular complexity index is 406. The van der Waals surface area contributed by atoms with Gasteiger partial charge in [0.1, 0.15) is 5.75 Å². The lowest BCUT2D eigenvalue weighted by molar-refractivity contribution is 0.155. The maximum absolute atomic E-state index is 9.77. The summed E-state index contributed by atoms with van der Waals surface area (Å²) in [7, 11) is 1.71. The van der Waals surface area contributed by atoms with Crippen molar-refractivity contribution >= 4 is 0 Å². The van der Waals surface area contributed by atoms with E-state index in [2.05, 4.69) is 24.4 Å². The Kier molecular flexibility index (Phi) is 5.23. The average molecular weight is 263 g/mol. The first-order valence-corrected chi connectivity index (χ1v) is 7.30. The van der Waals surface area contributed by atoms with Gasteiger partial charge in [-0.15, -0.1) is 0 Å². The Morgan fingerprint density at radius 2 is 2.26 bits per heavy atom. The summed E-state index contributed by atoms with van der Waals surface area (Å²) >= 11 is 0. The van der Waals surface area contributed by atoms with E-state index in [1.807, 2.05) is 6.07 Å². The fourth-order valence-corrected chi connectivity index (χ4v) is 2.77. The summed E-state index contributed by atoms with van der Waals surface area (Å²) in [6, 6.07) is 6.84. The van der Waals surface area contributed by atoms with E-state index in [1.54, 1.807) is 7.11 Å². The zero-order valence-electron chi connectivity index (χ0n) is 12.0. The highest BCUT2D eigenvalue weighted by molar-refractivity contribution is 5.37. The van der Waals surface area contributed by atoms with E-state index in [-0.39, 0.29) is 6.10 Å². The van der Waals surface area contributed by atoms with Gasteiger partial charge in [0, 0.05) is 12.6 Å². The molecule has 1 aliphatic rings. The average Bonchev–Trinajstić information content (AvgIpc) is 2.44. The van der Waals surface area contributed by atoms with Crippen LogP contribution in [-0.2, 0) is 12.8 Å². The Morgan fingerprint density at radius 3 is 3.00 bits per heavy atom. The first kappa shape index (κ1) is 14.4. The molecule has 2 unspecified atom stereocenters. The van der Waals surface area contributed by atoms with Crippen LogP contribution in [0, 0.1) is 0 Å². The van der Waals surface area contributed by atoms with Crippen molar-refractivity contribution in [3.05, 3.63) is 29.3 Å². The third kappa shape index (κ3) is 3.95. The summed E-state index contributed by atoms with van der Waals surface area (Å²) < 4.78 is 5.29. The molecule has 0 saturated heterocycles. The second kappa shape index (κ2) is 6.92. The second-order valence-corrected chi connectivity index (χ2v) is 5.43. The van der Waals surface area contributed by atoms with E-state index in [4.69, 9.17) is 4.74 Å². The highest BCUT2D eigenvalue weighted by atomic mass is 16.5. The first-order chi connectivity index (χ1) is 9.22. The minimum Gasteiger partial charge on any atom is -0.497 e. The number of fused-ring (bicyclic) bond motifs is 1. The lowest BCUT2D eigenvalue weighted by atomic mass is 9.88. The predicted molar refractivity (Wildman–Crippen MR) is 77.7 cm³/mol. The van der Waals surface area contributed by atoms with Crippen LogP contribution in [0.5, 0.6) is 5.75 Å². The molecule has 1 aromatic carbocycles. The molecule has 0 aromatic heterocycles. The Morgan fingerprint density at radius 1 is 1.42 bits per heavy atom. The van der Waals surface area contributed by atoms with E-state index in [0.717, 1.165) is 37.9 Å². The molecule has 0 aliphatic heterocycles. The predicted octanol–water partition coefficient (Wildman–Crippen LogP) is 2.30. The van der Waals surface area contributed by atoms with Crippen LogP contribution < -0.4 is 10.1 Å². The van der Waals surface area contributed by atoms with E-state index >= 15 is 0 Å². The molecule has 0 heterocycles. The number of hydrogen-bond acceptors (Lipinski definition) is 3. The molecule has 2 atom stereocenters. The van der Waals surface area contributed by atoms with Gasteiger partial charge in [0.05, 0.1) is 13.2 Å². The zero-order chi connectivity index (χ0) is 13.7. The van der Waals surface area contributed by atoms with Crippen molar-refractivity contribution in [2.75, 3.05) is 13.7 Å². The van der Waals surface area contributed by atoms with Gasteiger partial charge >= 0.3 is 0 Å². The number of methoxy groups -OCH3 is 1. The molecule has 3 nitrogen and oxygen atoms in total. The SMILES string of the molecule is CCCC(O)CNC1CCc2ccc(OC)cc2C1. The van der Waals surface area contributed by atoms with Crippen LogP contribution in [0.25, 0.3) is 0 Å². The maximum atomic E-state index is 9.77. The van der Waals surface area contributed by atoms with Crippen molar-refractivity contribution in [1.29, 1.82) is 0 Å². The molecule has 3 heteroatoms. The van der Waals surface area contributed by atoms with Crippen LogP contribution >= 0.6 is 0 Å². The van der Waals surface area contributed by atoms with Crippen LogP contribution in [-0.4, -0.2) is 30.9 Å². The van der Waals surface area contributed by atoms with Gasteiger partial charge < -0.3 is 15.2 Å². The smallest absolute Gasteiger partial charge is 0.119 e. The van der Waals surface area contributed by atoms with E-state index in [9.17, 15) is 5.11 Å². The number of nitrogens with one attached hydrogen (secondary N) is 1. The summed E-state index contributed by atoms with van der Waals surface area (Å²) in [5.74, 6) is 0.936. The van der Waals surface area contributed by atoms with Crippen molar-refractivity contribution in [2.24, 2.45) is 0 Å². The van der Waals surface area contributed by atoms with Gasteiger partial charge in [-0.05, 0) is 48.9 Å². The molecule has 0 bridgehead atoms. The molecule has 0 amide bonds. The van der Waals surface area contributed by atoms with Gasteiger partial charge in [0.2, 0.25) is 0 Å². The normalized spacial score (nSPS) is 19.8. The summed E-state index contributed by atoms with van der Waals surface area (Å²) in [5, 5.41) is 13.3. The summed E-state index contributed by atoms with van der Waals surface area (Å²) in [5.41, 5.74) is 2.82. The molecule has 106 valence electrons. The Hall–Kier alpha value is -1.06. The number of hydrogen-bond donors (Lipinski definition) is 2. The van der Waals surface area contributed by atoms with Gasteiger partial charge in [0.25, 0.3) is 0 Å². The number of aliphatic hydroxyl groups excluding tert-OH is 1. The standard InChI is InChI=1S/C16H25NO2/c1-3-4-15(18)11-17-14-7-5-12-6-8-16(19-2)10-13(12)9-14/h6,8,10,14-15,17-18H,3-5,7,9,11H2,1-2H3. The lowest BCUT2D eigenvalue weighted by Gasteiger charge is -2.27. The molecule has 19 heavy (non-hydrogen) atoms. The number of rotatable bonds is 6. The monoisotopic (exact) mass is 263 g/mol. The number of benzene rings is 1. The van der Waals surface area contributed by atoms with Crippen LogP contribution in [0.4, 0.5) is 0 Å². The van der Waals surface area contributed by atoms with Crippen LogP contribution in [0.2, 0.25) is 0 Å². The largest absolute Gasteiger partial charge is 0.497 e. The van der Waals surface area contributed by atoms with E-state index in [1.165, 1.54) is 11.1 Å². The minimum absolute atomic E-state index is 0.211. The highest BCUT2D eigenvalue weighted by Crippen LogP contribution is 2.25. The van der Waals surface area contributed by atoms with Crippen LogP contribution in [0.3, 0.4) is 0 Å². The quantitative estimate of drug-likeness (QED) is 0.827. The number of ether oxygens (including phenoxy) is 1. The van der Waals surface area contributed by atoms with Crippen LogP contribution in [0.15, 0.2) is 18.2 Å². The molecule has 1 aromatic rings. The molecule has 0 saturated carbocycles. The fourth-order valence-electron chi connectivity index (χ4n) is 2.77. The second-order valence-electron chi connectivity index (χ2n) is 5.43. The van der Waals surface area contributed by atoms with Gasteiger partial charge in [-0.25, -0.2) is 0 Å². The minimum atomic E-state index is -0.211. The topological polar surface area (TPSA) is 41.5 Å². The van der Waals surface area contributed by atoms with Crippen molar-refractivity contribution in [3.8, 4) is 5.75 Å². The van der Waals surface area contributed by atoms with Crippen molar-refractivity contribution in [3.63, 3.8) is 0 Å². The molecule has 1 aliphatic carbocycles. The van der Waals surface area contributed by atoms with Crippen molar-refractivity contribution in [2.45, 2.75) is 51.2 Å². The molecular formula is C16H25NO2. The third-order valence-electron chi connectivity index (χ3n) is 3.91. The Balaban J connectivity index is 1.90. The fraction of sp³-hybridized carbons (Fsp3) is 0.625. The summed E-state index contributed by atoms with van der Waals surface area (Å²) in [4.78, 5) is 0. The molecule has 2 rings (SSSR count). The molecule has 2 N–H and O–H groups in total. The van der Waals surface area contributed by atoms with Gasteiger partial charge in [-0.1, -0.05) is 19.4 Å². The van der Waals surface area contributed by atoms with Gasteiger partial charge in [-0.2, -0.15) is 0 Å². The third-order valence-corrected chi connectivity index (χ3v) is 3.91. The molecule has 0 fully saturated rings. The lowest BCUT2D eigenvalue weighted by Crippen LogP contribution is -2.39. The zero-order valence-corrected chi connectivity index (χ0v) is 12.0. The van der Waals surface area contributed by atoms with Crippen molar-refractivity contribution < 1.29 is 9.84 Å². The maximum Gasteiger partial charge on any atom is 0.119 e. The molecule has 0 spiro atoms. The number of aliphatic hydroxyl groups is 1. The summed E-state index contributed by atoms with van der Waals surface area (Å²) in [6.07, 6.45) is 5.00. The van der Waals surface area contributed by atoms with E-state index < -0.39 is 0 Å². The Labute approximate surface area is 116 Å². The first-order valence-electron chi connectivity index (χ1n) is 7.30.